The maximum Gasteiger partial charge on any atom is 0.305 e. The van der Waals surface area contributed by atoms with Crippen molar-refractivity contribution in [3.05, 3.63) is 99.9 Å². The van der Waals surface area contributed by atoms with Crippen molar-refractivity contribution in [1.82, 2.24) is 5.32 Å². The van der Waals surface area contributed by atoms with Crippen LogP contribution in [0.3, 0.4) is 0 Å². The second-order valence-corrected chi connectivity index (χ2v) is 9.86. The molecular weight excluding hydrogens is 469 g/mol. The van der Waals surface area contributed by atoms with Crippen LogP contribution in [0.25, 0.3) is 0 Å². The van der Waals surface area contributed by atoms with E-state index in [9.17, 15) is 14.0 Å². The number of aryl methyl sites for hydroxylation is 3. The molecule has 0 radical (unpaired) electrons. The zero-order valence-electron chi connectivity index (χ0n) is 22.3. The first kappa shape index (κ1) is 27.9. The standard InChI is InChI=1S/C31H36FNO4/c1-20(2)14-28(25-16-21(3)15-22(4)17-25)33-31(35)26-18-23(10-11-24(26)12-13-30(34)36-5)19-37-29-9-7-6-8-27(29)32/h6-11,15-18,20,28H,12-14,19H2,1-5H3,(H,33,35). The largest absolute Gasteiger partial charge is 0.486 e. The number of carbonyl (C=O) groups excluding carboxylic acids is 2. The molecule has 3 aromatic carbocycles. The maximum atomic E-state index is 14.0. The Bertz CT molecular complexity index is 1220. The van der Waals surface area contributed by atoms with Gasteiger partial charge in [0.05, 0.1) is 13.2 Å². The molecule has 0 saturated heterocycles. The summed E-state index contributed by atoms with van der Waals surface area (Å²) in [6, 6.07) is 17.8. The molecule has 3 rings (SSSR count). The molecule has 0 heterocycles. The second kappa shape index (κ2) is 13.0. The number of halogens is 1. The number of hydrogen-bond acceptors (Lipinski definition) is 4. The zero-order valence-corrected chi connectivity index (χ0v) is 22.3. The molecule has 1 atom stereocenters. The van der Waals surface area contributed by atoms with Gasteiger partial charge in [-0.25, -0.2) is 4.39 Å². The number of ether oxygens (including phenoxy) is 2. The van der Waals surface area contributed by atoms with Crippen LogP contribution in [0.15, 0.2) is 60.7 Å². The first-order valence-electron chi connectivity index (χ1n) is 12.6. The smallest absolute Gasteiger partial charge is 0.305 e. The summed E-state index contributed by atoms with van der Waals surface area (Å²) >= 11 is 0. The minimum atomic E-state index is -0.444. The van der Waals surface area contributed by atoms with Crippen LogP contribution < -0.4 is 10.1 Å². The van der Waals surface area contributed by atoms with Gasteiger partial charge in [0, 0.05) is 12.0 Å². The van der Waals surface area contributed by atoms with Crippen LogP contribution >= 0.6 is 0 Å². The number of carbonyl (C=O) groups is 2. The summed E-state index contributed by atoms with van der Waals surface area (Å²) in [5.41, 5.74) is 5.28. The minimum absolute atomic E-state index is 0.102. The first-order chi connectivity index (χ1) is 17.7. The molecule has 1 N–H and O–H groups in total. The van der Waals surface area contributed by atoms with E-state index in [4.69, 9.17) is 9.47 Å². The Kier molecular flexibility index (Phi) is 9.84. The average molecular weight is 506 g/mol. The topological polar surface area (TPSA) is 64.6 Å². The van der Waals surface area contributed by atoms with Crippen molar-refractivity contribution in [3.8, 4) is 5.75 Å². The highest BCUT2D eigenvalue weighted by molar-refractivity contribution is 5.96. The first-order valence-corrected chi connectivity index (χ1v) is 12.6. The molecule has 6 heteroatoms. The highest BCUT2D eigenvalue weighted by atomic mass is 19.1. The molecule has 196 valence electrons. The third-order valence-corrected chi connectivity index (χ3v) is 6.13. The molecule has 1 amide bonds. The van der Waals surface area contributed by atoms with E-state index in [2.05, 4.69) is 51.2 Å². The summed E-state index contributed by atoms with van der Waals surface area (Å²) in [6.45, 7) is 8.46. The highest BCUT2D eigenvalue weighted by Gasteiger charge is 2.21. The molecule has 0 aromatic heterocycles. The fourth-order valence-corrected chi connectivity index (χ4v) is 4.40. The molecule has 0 bridgehead atoms. The van der Waals surface area contributed by atoms with Gasteiger partial charge in [0.2, 0.25) is 0 Å². The molecule has 0 saturated carbocycles. The fraction of sp³-hybridized carbons (Fsp3) is 0.355. The van der Waals surface area contributed by atoms with Crippen LogP contribution in [-0.4, -0.2) is 19.0 Å². The van der Waals surface area contributed by atoms with E-state index in [-0.39, 0.29) is 36.7 Å². The Balaban J connectivity index is 1.90. The number of amides is 1. The van der Waals surface area contributed by atoms with Gasteiger partial charge in [0.25, 0.3) is 5.91 Å². The van der Waals surface area contributed by atoms with E-state index in [1.165, 1.54) is 13.2 Å². The van der Waals surface area contributed by atoms with Crippen molar-refractivity contribution in [2.24, 2.45) is 5.92 Å². The van der Waals surface area contributed by atoms with Gasteiger partial charge in [-0.1, -0.05) is 67.4 Å². The molecule has 0 aliphatic carbocycles. The lowest BCUT2D eigenvalue weighted by atomic mass is 9.93. The lowest BCUT2D eigenvalue weighted by Gasteiger charge is -2.23. The van der Waals surface area contributed by atoms with Gasteiger partial charge < -0.3 is 14.8 Å². The minimum Gasteiger partial charge on any atom is -0.486 e. The third kappa shape index (κ3) is 8.17. The van der Waals surface area contributed by atoms with E-state index in [0.29, 0.717) is 17.9 Å². The van der Waals surface area contributed by atoms with Gasteiger partial charge in [0.1, 0.15) is 6.61 Å². The summed E-state index contributed by atoms with van der Waals surface area (Å²) in [7, 11) is 1.35. The van der Waals surface area contributed by atoms with Crippen molar-refractivity contribution in [1.29, 1.82) is 0 Å². The monoisotopic (exact) mass is 505 g/mol. The average Bonchev–Trinajstić information content (AvgIpc) is 2.85. The number of methoxy groups -OCH3 is 1. The fourth-order valence-electron chi connectivity index (χ4n) is 4.40. The van der Waals surface area contributed by atoms with Crippen LogP contribution in [0.2, 0.25) is 0 Å². The number of benzene rings is 3. The predicted octanol–water partition coefficient (Wildman–Crippen LogP) is 6.64. The second-order valence-electron chi connectivity index (χ2n) is 9.86. The van der Waals surface area contributed by atoms with E-state index in [1.54, 1.807) is 24.3 Å². The number of para-hydroxylation sites is 1. The lowest BCUT2D eigenvalue weighted by Crippen LogP contribution is -2.30. The van der Waals surface area contributed by atoms with Gasteiger partial charge in [-0.15, -0.1) is 0 Å². The SMILES string of the molecule is COC(=O)CCc1ccc(COc2ccccc2F)cc1C(=O)NC(CC(C)C)c1cc(C)cc(C)c1. The summed E-state index contributed by atoms with van der Waals surface area (Å²) in [4.78, 5) is 25.5. The van der Waals surface area contributed by atoms with Crippen LogP contribution in [-0.2, 0) is 22.6 Å². The predicted molar refractivity (Wildman–Crippen MR) is 143 cm³/mol. The van der Waals surface area contributed by atoms with Crippen molar-refractivity contribution in [2.45, 2.75) is 59.6 Å². The van der Waals surface area contributed by atoms with E-state index in [0.717, 1.165) is 34.2 Å². The molecule has 3 aromatic rings. The zero-order chi connectivity index (χ0) is 26.9. The Morgan fingerprint density at radius 2 is 1.68 bits per heavy atom. The normalized spacial score (nSPS) is 11.8. The van der Waals surface area contributed by atoms with E-state index in [1.807, 2.05) is 12.1 Å². The number of rotatable bonds is 11. The van der Waals surface area contributed by atoms with Gasteiger partial charge in [-0.05, 0) is 67.5 Å². The van der Waals surface area contributed by atoms with E-state index >= 15 is 0 Å². The van der Waals surface area contributed by atoms with E-state index < -0.39 is 5.82 Å². The van der Waals surface area contributed by atoms with Gasteiger partial charge in [-0.3, -0.25) is 9.59 Å². The molecule has 5 nitrogen and oxygen atoms in total. The highest BCUT2D eigenvalue weighted by Crippen LogP contribution is 2.25. The third-order valence-electron chi connectivity index (χ3n) is 6.13. The Labute approximate surface area is 219 Å². The Morgan fingerprint density at radius 1 is 0.973 bits per heavy atom. The molecular formula is C31H36FNO4. The quantitative estimate of drug-likeness (QED) is 0.297. The number of nitrogens with one attached hydrogen (secondary N) is 1. The van der Waals surface area contributed by atoms with Crippen molar-refractivity contribution in [3.63, 3.8) is 0 Å². The molecule has 37 heavy (non-hydrogen) atoms. The van der Waals surface area contributed by atoms with Crippen molar-refractivity contribution in [2.75, 3.05) is 7.11 Å². The maximum absolute atomic E-state index is 14.0. The summed E-state index contributed by atoms with van der Waals surface area (Å²) in [5, 5.41) is 3.23. The van der Waals surface area contributed by atoms with Crippen LogP contribution in [0, 0.1) is 25.6 Å². The molecule has 0 aliphatic rings. The number of esters is 1. The molecule has 1 unspecified atom stereocenters. The van der Waals surface area contributed by atoms with Crippen molar-refractivity contribution < 1.29 is 23.5 Å². The Morgan fingerprint density at radius 3 is 2.32 bits per heavy atom. The summed E-state index contributed by atoms with van der Waals surface area (Å²) < 4.78 is 24.5. The molecule has 0 fully saturated rings. The van der Waals surface area contributed by atoms with Crippen LogP contribution in [0.5, 0.6) is 5.75 Å². The number of hydrogen-bond donors (Lipinski definition) is 1. The van der Waals surface area contributed by atoms with Crippen LogP contribution in [0.1, 0.15) is 70.9 Å². The summed E-state index contributed by atoms with van der Waals surface area (Å²) in [6.07, 6.45) is 1.30. The van der Waals surface area contributed by atoms with Gasteiger partial charge in [-0.2, -0.15) is 0 Å². The van der Waals surface area contributed by atoms with Crippen molar-refractivity contribution >= 4 is 11.9 Å². The molecule has 0 spiro atoms. The summed E-state index contributed by atoms with van der Waals surface area (Å²) in [5.74, 6) is -0.496. The van der Waals surface area contributed by atoms with Gasteiger partial charge >= 0.3 is 5.97 Å². The van der Waals surface area contributed by atoms with Gasteiger partial charge in [0.15, 0.2) is 11.6 Å². The lowest BCUT2D eigenvalue weighted by molar-refractivity contribution is -0.140. The molecule has 0 aliphatic heterocycles. The van der Waals surface area contributed by atoms with Crippen LogP contribution in [0.4, 0.5) is 4.39 Å². The Hall–Kier alpha value is -3.67.